The molecule has 3 rings (SSSR count). The van der Waals surface area contributed by atoms with E-state index in [1.807, 2.05) is 56.3 Å². The number of methoxy groups -OCH3 is 1. The predicted octanol–water partition coefficient (Wildman–Crippen LogP) is 5.45. The summed E-state index contributed by atoms with van der Waals surface area (Å²) < 4.78 is 31.9. The average Bonchev–Trinajstić information content (AvgIpc) is 2.96. The summed E-state index contributed by atoms with van der Waals surface area (Å²) in [6.45, 7) is 4.18. The number of carbonyl (C=O) groups is 2. The molecular weight excluding hydrogens is 574 g/mol. The van der Waals surface area contributed by atoms with E-state index in [0.717, 1.165) is 23.8 Å². The minimum absolute atomic E-state index is 0.0401. The van der Waals surface area contributed by atoms with Crippen molar-refractivity contribution >= 4 is 39.1 Å². The van der Waals surface area contributed by atoms with E-state index in [2.05, 4.69) is 5.32 Å². The number of sulfonamides is 1. The van der Waals surface area contributed by atoms with Crippen LogP contribution in [0.25, 0.3) is 0 Å². The number of hydrogen-bond donors (Lipinski definition) is 1. The average molecular weight is 614 g/mol. The van der Waals surface area contributed by atoms with Crippen LogP contribution in [-0.4, -0.2) is 57.1 Å². The van der Waals surface area contributed by atoms with Gasteiger partial charge in [-0.15, -0.1) is 0 Å². The Morgan fingerprint density at radius 1 is 0.976 bits per heavy atom. The smallest absolute Gasteiger partial charge is 0.243 e. The van der Waals surface area contributed by atoms with Gasteiger partial charge in [0.25, 0.3) is 0 Å². The van der Waals surface area contributed by atoms with E-state index in [4.69, 9.17) is 16.3 Å². The Hall–Kier alpha value is -3.56. The molecule has 3 aromatic carbocycles. The van der Waals surface area contributed by atoms with Gasteiger partial charge in [0.05, 0.1) is 19.1 Å². The first-order chi connectivity index (χ1) is 20.0. The lowest BCUT2D eigenvalue weighted by molar-refractivity contribution is -0.141. The fraction of sp³-hybridized carbons (Fsp3) is 0.375. The van der Waals surface area contributed by atoms with Crippen molar-refractivity contribution in [2.24, 2.45) is 0 Å². The Morgan fingerprint density at radius 2 is 1.67 bits per heavy atom. The van der Waals surface area contributed by atoms with Crippen molar-refractivity contribution < 1.29 is 22.7 Å². The number of ether oxygens (including phenoxy) is 1. The third-order valence-corrected chi connectivity index (χ3v) is 8.44. The van der Waals surface area contributed by atoms with Crippen LogP contribution in [-0.2, 0) is 32.6 Å². The van der Waals surface area contributed by atoms with E-state index >= 15 is 0 Å². The molecular formula is C32H40ClN3O5S. The van der Waals surface area contributed by atoms with Crippen LogP contribution in [0.15, 0.2) is 78.9 Å². The van der Waals surface area contributed by atoms with E-state index in [-0.39, 0.29) is 43.8 Å². The first-order valence-corrected chi connectivity index (χ1v) is 16.2. The van der Waals surface area contributed by atoms with Crippen molar-refractivity contribution in [3.8, 4) is 5.75 Å². The Bertz CT molecular complexity index is 1430. The van der Waals surface area contributed by atoms with Crippen molar-refractivity contribution in [1.82, 2.24) is 10.2 Å². The lowest BCUT2D eigenvalue weighted by Crippen LogP contribution is -2.52. The van der Waals surface area contributed by atoms with Crippen molar-refractivity contribution in [3.63, 3.8) is 0 Å². The molecule has 0 spiro atoms. The molecule has 42 heavy (non-hydrogen) atoms. The summed E-state index contributed by atoms with van der Waals surface area (Å²) in [5, 5.41) is 3.58. The van der Waals surface area contributed by atoms with Gasteiger partial charge >= 0.3 is 0 Å². The van der Waals surface area contributed by atoms with Crippen LogP contribution in [0.1, 0.15) is 44.2 Å². The number of nitrogens with zero attached hydrogens (tertiary/aromatic N) is 2. The van der Waals surface area contributed by atoms with Gasteiger partial charge in [0.2, 0.25) is 21.8 Å². The minimum Gasteiger partial charge on any atom is -0.497 e. The number of nitrogens with one attached hydrogen (secondary N) is 1. The second kappa shape index (κ2) is 15.6. The Balaban J connectivity index is 1.89. The largest absolute Gasteiger partial charge is 0.497 e. The summed E-state index contributed by atoms with van der Waals surface area (Å²) in [4.78, 5) is 29.2. The SMILES string of the molecule is CCC(C)NC(=O)C(Cc1ccccc1)N(Cc1cccc(Cl)c1)C(=O)CCCN(c1cccc(OC)c1)S(C)(=O)=O. The van der Waals surface area contributed by atoms with Crippen LogP contribution in [0.4, 0.5) is 5.69 Å². The third-order valence-electron chi connectivity index (χ3n) is 7.01. The van der Waals surface area contributed by atoms with E-state index in [1.165, 1.54) is 11.4 Å². The van der Waals surface area contributed by atoms with Crippen molar-refractivity contribution in [1.29, 1.82) is 0 Å². The standard InChI is InChI=1S/C32H40ClN3O5S/c1-5-24(2)34-32(38)30(21-25-12-7-6-8-13-25)35(23-26-14-9-15-27(33)20-26)31(37)18-11-19-36(42(4,39)40)28-16-10-17-29(22-28)41-3/h6-10,12-17,20,22,24,30H,5,11,18-19,21,23H2,1-4H3,(H,34,38). The van der Waals surface area contributed by atoms with Gasteiger partial charge in [0.1, 0.15) is 11.8 Å². The molecule has 0 aliphatic carbocycles. The molecule has 0 heterocycles. The van der Waals surface area contributed by atoms with Crippen molar-refractivity contribution in [3.05, 3.63) is 95.0 Å². The molecule has 8 nitrogen and oxygen atoms in total. The highest BCUT2D eigenvalue weighted by Crippen LogP contribution is 2.24. The molecule has 1 N–H and O–H groups in total. The van der Waals surface area contributed by atoms with Crippen LogP contribution in [0.3, 0.4) is 0 Å². The Kier molecular flexibility index (Phi) is 12.2. The fourth-order valence-electron chi connectivity index (χ4n) is 4.60. The lowest BCUT2D eigenvalue weighted by atomic mass is 10.0. The van der Waals surface area contributed by atoms with Gasteiger partial charge < -0.3 is 15.0 Å². The highest BCUT2D eigenvalue weighted by molar-refractivity contribution is 7.92. The van der Waals surface area contributed by atoms with E-state index in [9.17, 15) is 18.0 Å². The second-order valence-electron chi connectivity index (χ2n) is 10.3. The molecule has 0 radical (unpaired) electrons. The number of carbonyl (C=O) groups excluding carboxylic acids is 2. The maximum atomic E-state index is 13.9. The number of amides is 2. The molecule has 0 aliphatic heterocycles. The molecule has 2 atom stereocenters. The molecule has 226 valence electrons. The van der Waals surface area contributed by atoms with E-state index in [0.29, 0.717) is 22.9 Å². The zero-order valence-corrected chi connectivity index (χ0v) is 26.2. The highest BCUT2D eigenvalue weighted by atomic mass is 35.5. The molecule has 0 saturated carbocycles. The molecule has 2 amide bonds. The number of anilines is 1. The summed E-state index contributed by atoms with van der Waals surface area (Å²) in [5.74, 6) is 0.0352. The summed E-state index contributed by atoms with van der Waals surface area (Å²) in [7, 11) is -2.11. The van der Waals surface area contributed by atoms with Crippen LogP contribution < -0.4 is 14.4 Å². The zero-order valence-electron chi connectivity index (χ0n) is 24.6. The normalized spacial score (nSPS) is 12.7. The number of benzene rings is 3. The molecule has 3 aromatic rings. The maximum Gasteiger partial charge on any atom is 0.243 e. The van der Waals surface area contributed by atoms with Crippen LogP contribution >= 0.6 is 11.6 Å². The summed E-state index contributed by atoms with van der Waals surface area (Å²) in [6, 6.07) is 22.7. The van der Waals surface area contributed by atoms with Gasteiger partial charge in [-0.05, 0) is 55.2 Å². The number of halogens is 1. The molecule has 0 bridgehead atoms. The van der Waals surface area contributed by atoms with Crippen LogP contribution in [0.5, 0.6) is 5.75 Å². The minimum atomic E-state index is -3.63. The molecule has 0 saturated heterocycles. The molecule has 2 unspecified atom stereocenters. The quantitative estimate of drug-likeness (QED) is 0.246. The van der Waals surface area contributed by atoms with Gasteiger partial charge in [0, 0.05) is 43.1 Å². The Morgan fingerprint density at radius 3 is 2.31 bits per heavy atom. The molecule has 0 fully saturated rings. The van der Waals surface area contributed by atoms with Crippen LogP contribution in [0.2, 0.25) is 5.02 Å². The second-order valence-corrected chi connectivity index (χ2v) is 12.7. The van der Waals surface area contributed by atoms with Crippen molar-refractivity contribution in [2.45, 2.75) is 58.2 Å². The highest BCUT2D eigenvalue weighted by Gasteiger charge is 2.31. The fourth-order valence-corrected chi connectivity index (χ4v) is 5.77. The van der Waals surface area contributed by atoms with E-state index < -0.39 is 16.1 Å². The maximum absolute atomic E-state index is 13.9. The summed E-state index contributed by atoms with van der Waals surface area (Å²) in [6.07, 6.45) is 2.50. The first kappa shape index (κ1) is 32.9. The van der Waals surface area contributed by atoms with Gasteiger partial charge in [-0.2, -0.15) is 0 Å². The number of hydrogen-bond acceptors (Lipinski definition) is 5. The molecule has 0 aromatic heterocycles. The van der Waals surface area contributed by atoms with Crippen molar-refractivity contribution in [2.75, 3.05) is 24.2 Å². The first-order valence-electron chi connectivity index (χ1n) is 14.0. The van der Waals surface area contributed by atoms with E-state index in [1.54, 1.807) is 41.3 Å². The molecule has 0 aliphatic rings. The van der Waals surface area contributed by atoms with Gasteiger partial charge in [0.15, 0.2) is 0 Å². The summed E-state index contributed by atoms with van der Waals surface area (Å²) in [5.41, 5.74) is 2.17. The monoisotopic (exact) mass is 613 g/mol. The molecule has 10 heteroatoms. The zero-order chi connectivity index (χ0) is 30.7. The van der Waals surface area contributed by atoms with Crippen LogP contribution in [0, 0.1) is 0 Å². The van der Waals surface area contributed by atoms with Gasteiger partial charge in [-0.3, -0.25) is 13.9 Å². The Labute approximate surface area is 254 Å². The predicted molar refractivity (Wildman–Crippen MR) is 168 cm³/mol. The van der Waals surface area contributed by atoms with Gasteiger partial charge in [-0.25, -0.2) is 8.42 Å². The van der Waals surface area contributed by atoms with Gasteiger partial charge in [-0.1, -0.05) is 67.1 Å². The summed E-state index contributed by atoms with van der Waals surface area (Å²) >= 11 is 6.25. The number of rotatable bonds is 15. The topological polar surface area (TPSA) is 96.0 Å². The lowest BCUT2D eigenvalue weighted by Gasteiger charge is -2.32. The third kappa shape index (κ3) is 9.77.